The molecule has 0 spiro atoms. The predicted octanol–water partition coefficient (Wildman–Crippen LogP) is 0.00190. The Hall–Kier alpha value is -0.920. The molecule has 1 aliphatic rings. The molecule has 0 saturated heterocycles. The third kappa shape index (κ3) is 2.85. The first-order valence-electron chi connectivity index (χ1n) is 5.68. The molecule has 0 amide bonds. The van der Waals surface area contributed by atoms with Crippen LogP contribution >= 0.6 is 0 Å². The van der Waals surface area contributed by atoms with Crippen LogP contribution in [0.5, 0.6) is 0 Å². The summed E-state index contributed by atoms with van der Waals surface area (Å²) in [7, 11) is -1.90. The lowest BCUT2D eigenvalue weighted by molar-refractivity contribution is 0.101. The second kappa shape index (κ2) is 4.75. The van der Waals surface area contributed by atoms with E-state index in [1.807, 2.05) is 0 Å². The molecule has 6 nitrogen and oxygen atoms in total. The van der Waals surface area contributed by atoms with E-state index in [-0.39, 0.29) is 10.9 Å². The van der Waals surface area contributed by atoms with Crippen molar-refractivity contribution in [3.63, 3.8) is 0 Å². The largest absolute Gasteiger partial charge is 0.391 e. The van der Waals surface area contributed by atoms with Gasteiger partial charge in [0.25, 0.3) is 0 Å². The molecule has 0 aliphatic heterocycles. The fourth-order valence-corrected chi connectivity index (χ4v) is 3.34. The first kappa shape index (κ1) is 12.5. The highest BCUT2D eigenvalue weighted by molar-refractivity contribution is 7.89. The molecule has 1 saturated carbocycles. The van der Waals surface area contributed by atoms with Crippen LogP contribution in [0.1, 0.15) is 25.7 Å². The summed E-state index contributed by atoms with van der Waals surface area (Å²) in [4.78, 5) is 0.137. The zero-order valence-corrected chi connectivity index (χ0v) is 10.5. The number of hydrogen-bond acceptors (Lipinski definition) is 4. The monoisotopic (exact) mass is 259 g/mol. The van der Waals surface area contributed by atoms with E-state index in [9.17, 15) is 13.5 Å². The van der Waals surface area contributed by atoms with Gasteiger partial charge in [-0.15, -0.1) is 0 Å². The summed E-state index contributed by atoms with van der Waals surface area (Å²) in [5.41, 5.74) is 0. The summed E-state index contributed by atoms with van der Waals surface area (Å²) < 4.78 is 27.9. The van der Waals surface area contributed by atoms with Gasteiger partial charge in [0.15, 0.2) is 0 Å². The van der Waals surface area contributed by atoms with Crippen molar-refractivity contribution >= 4 is 10.0 Å². The van der Waals surface area contributed by atoms with Gasteiger partial charge in [-0.1, -0.05) is 12.8 Å². The minimum Gasteiger partial charge on any atom is -0.391 e. The van der Waals surface area contributed by atoms with E-state index in [1.165, 1.54) is 17.1 Å². The molecule has 1 heterocycles. The van der Waals surface area contributed by atoms with Crippen LogP contribution in [-0.4, -0.2) is 35.5 Å². The molecule has 1 aromatic heterocycles. The quantitative estimate of drug-likeness (QED) is 0.800. The van der Waals surface area contributed by atoms with Crippen LogP contribution in [0.25, 0.3) is 0 Å². The second-order valence-corrected chi connectivity index (χ2v) is 6.14. The zero-order chi connectivity index (χ0) is 12.5. The van der Waals surface area contributed by atoms with Crippen LogP contribution in [0.15, 0.2) is 17.3 Å². The Morgan fingerprint density at radius 1 is 1.47 bits per heavy atom. The van der Waals surface area contributed by atoms with Gasteiger partial charge in [-0.3, -0.25) is 4.68 Å². The molecule has 1 aliphatic carbocycles. The fraction of sp³-hybridized carbons (Fsp3) is 0.700. The summed E-state index contributed by atoms with van der Waals surface area (Å²) in [5, 5.41) is 13.6. The molecule has 0 bridgehead atoms. The van der Waals surface area contributed by atoms with Crippen LogP contribution in [0, 0.1) is 0 Å². The van der Waals surface area contributed by atoms with Crippen molar-refractivity contribution in [1.29, 1.82) is 0 Å². The Kier molecular flexibility index (Phi) is 3.50. The maximum atomic E-state index is 12.0. The number of nitrogens with one attached hydrogen (secondary N) is 1. The maximum absolute atomic E-state index is 12.0. The molecule has 96 valence electrons. The summed E-state index contributed by atoms with van der Waals surface area (Å²) in [6, 6.07) is -0.381. The summed E-state index contributed by atoms with van der Waals surface area (Å²) in [6.07, 6.45) is 5.38. The molecule has 2 atom stereocenters. The van der Waals surface area contributed by atoms with Crippen molar-refractivity contribution in [2.45, 2.75) is 42.7 Å². The van der Waals surface area contributed by atoms with Crippen molar-refractivity contribution in [1.82, 2.24) is 14.5 Å². The van der Waals surface area contributed by atoms with Crippen LogP contribution < -0.4 is 4.72 Å². The molecule has 1 fully saturated rings. The second-order valence-electron chi connectivity index (χ2n) is 4.43. The molecular weight excluding hydrogens is 242 g/mol. The molecule has 2 N–H and O–H groups in total. The van der Waals surface area contributed by atoms with Crippen molar-refractivity contribution in [2.75, 3.05) is 0 Å². The number of nitrogens with zero attached hydrogens (tertiary/aromatic N) is 2. The van der Waals surface area contributed by atoms with Crippen LogP contribution in [0.2, 0.25) is 0 Å². The number of rotatable bonds is 3. The van der Waals surface area contributed by atoms with Gasteiger partial charge in [-0.25, -0.2) is 13.1 Å². The molecule has 0 radical (unpaired) electrons. The average Bonchev–Trinajstić information content (AvgIpc) is 2.69. The van der Waals surface area contributed by atoms with Gasteiger partial charge >= 0.3 is 0 Å². The van der Waals surface area contributed by atoms with E-state index in [4.69, 9.17) is 0 Å². The lowest BCUT2D eigenvalue weighted by Crippen LogP contribution is -2.44. The first-order chi connectivity index (χ1) is 7.99. The highest BCUT2D eigenvalue weighted by Gasteiger charge is 2.28. The lowest BCUT2D eigenvalue weighted by Gasteiger charge is -2.27. The van der Waals surface area contributed by atoms with E-state index >= 15 is 0 Å². The third-order valence-electron chi connectivity index (χ3n) is 3.03. The first-order valence-corrected chi connectivity index (χ1v) is 7.16. The van der Waals surface area contributed by atoms with Crippen molar-refractivity contribution in [2.24, 2.45) is 7.05 Å². The number of aromatic nitrogens is 2. The summed E-state index contributed by atoms with van der Waals surface area (Å²) in [5.74, 6) is 0. The summed E-state index contributed by atoms with van der Waals surface area (Å²) >= 11 is 0. The molecule has 0 unspecified atom stereocenters. The van der Waals surface area contributed by atoms with Gasteiger partial charge < -0.3 is 5.11 Å². The number of sulfonamides is 1. The predicted molar refractivity (Wildman–Crippen MR) is 61.8 cm³/mol. The smallest absolute Gasteiger partial charge is 0.244 e. The normalized spacial score (nSPS) is 26.0. The van der Waals surface area contributed by atoms with E-state index in [0.717, 1.165) is 12.8 Å². The van der Waals surface area contributed by atoms with Crippen LogP contribution in [0.3, 0.4) is 0 Å². The van der Waals surface area contributed by atoms with Gasteiger partial charge in [-0.2, -0.15) is 5.10 Å². The van der Waals surface area contributed by atoms with Crippen LogP contribution in [0.4, 0.5) is 0 Å². The molecule has 2 rings (SSSR count). The molecule has 7 heteroatoms. The van der Waals surface area contributed by atoms with Gasteiger partial charge in [0.05, 0.1) is 12.3 Å². The van der Waals surface area contributed by atoms with Crippen molar-refractivity contribution in [3.8, 4) is 0 Å². The summed E-state index contributed by atoms with van der Waals surface area (Å²) in [6.45, 7) is 0. The molecular formula is C10H17N3O3S. The minimum atomic E-state index is -3.57. The van der Waals surface area contributed by atoms with E-state index < -0.39 is 16.1 Å². The molecule has 17 heavy (non-hydrogen) atoms. The van der Waals surface area contributed by atoms with Gasteiger partial charge in [0.2, 0.25) is 10.0 Å². The Morgan fingerprint density at radius 3 is 2.76 bits per heavy atom. The van der Waals surface area contributed by atoms with Gasteiger partial charge in [0.1, 0.15) is 4.90 Å². The number of aliphatic hydroxyl groups is 1. The topological polar surface area (TPSA) is 84.2 Å². The Bertz CT molecular complexity index is 483. The molecule has 1 aromatic rings. The zero-order valence-electron chi connectivity index (χ0n) is 9.70. The third-order valence-corrected chi connectivity index (χ3v) is 4.47. The fourth-order valence-electron chi connectivity index (χ4n) is 2.05. The van der Waals surface area contributed by atoms with Gasteiger partial charge in [-0.05, 0) is 12.8 Å². The molecule has 0 aromatic carbocycles. The van der Waals surface area contributed by atoms with E-state index in [2.05, 4.69) is 9.82 Å². The number of hydrogen-bond donors (Lipinski definition) is 2. The number of aliphatic hydroxyl groups excluding tert-OH is 1. The van der Waals surface area contributed by atoms with Crippen LogP contribution in [-0.2, 0) is 17.1 Å². The van der Waals surface area contributed by atoms with Crippen molar-refractivity contribution in [3.05, 3.63) is 12.4 Å². The SMILES string of the molecule is Cn1cc(S(=O)(=O)N[C@H]2CCCC[C@@H]2O)cn1. The van der Waals surface area contributed by atoms with Gasteiger partial charge in [0, 0.05) is 19.3 Å². The average molecular weight is 259 g/mol. The Morgan fingerprint density at radius 2 is 2.18 bits per heavy atom. The lowest BCUT2D eigenvalue weighted by atomic mass is 9.93. The highest BCUT2D eigenvalue weighted by atomic mass is 32.2. The van der Waals surface area contributed by atoms with E-state index in [0.29, 0.717) is 12.8 Å². The highest BCUT2D eigenvalue weighted by Crippen LogP contribution is 2.20. The standard InChI is InChI=1S/C10H17N3O3S/c1-13-7-8(6-11-13)17(15,16)12-9-4-2-3-5-10(9)14/h6-7,9-10,12,14H,2-5H2,1H3/t9-,10-/m0/s1. The Labute approximate surface area is 101 Å². The maximum Gasteiger partial charge on any atom is 0.244 e. The van der Waals surface area contributed by atoms with E-state index in [1.54, 1.807) is 7.05 Å². The minimum absolute atomic E-state index is 0.137. The number of aryl methyl sites for hydroxylation is 1. The Balaban J connectivity index is 2.11. The van der Waals surface area contributed by atoms with Crippen molar-refractivity contribution < 1.29 is 13.5 Å².